The zero-order valence-electron chi connectivity index (χ0n) is 10.1. The molecule has 0 aliphatic carbocycles. The van der Waals surface area contributed by atoms with Crippen LogP contribution in [0, 0.1) is 16.4 Å². The molecule has 0 saturated heterocycles. The van der Waals surface area contributed by atoms with Gasteiger partial charge in [0.2, 0.25) is 0 Å². The molecule has 1 aromatic heterocycles. The van der Waals surface area contributed by atoms with Gasteiger partial charge in [-0.2, -0.15) is 0 Å². The molecular weight excluding hydrogens is 361 g/mol. The minimum atomic E-state index is -1.03. The molecule has 8 heteroatoms. The van der Waals surface area contributed by atoms with Crippen LogP contribution in [0.15, 0.2) is 24.3 Å². The summed E-state index contributed by atoms with van der Waals surface area (Å²) in [5.41, 5.74) is 0.619. The summed E-state index contributed by atoms with van der Waals surface area (Å²) < 4.78 is 29.0. The quantitative estimate of drug-likeness (QED) is 0.419. The van der Waals surface area contributed by atoms with E-state index in [1.807, 2.05) is 0 Å². The number of aromatic amines is 1. The van der Waals surface area contributed by atoms with E-state index >= 15 is 0 Å². The third-order valence-electron chi connectivity index (χ3n) is 2.97. The van der Waals surface area contributed by atoms with Crippen molar-refractivity contribution in [3.05, 3.63) is 55.7 Å². The van der Waals surface area contributed by atoms with Crippen molar-refractivity contribution in [2.45, 2.75) is 0 Å². The second kappa shape index (κ2) is 5.25. The van der Waals surface area contributed by atoms with Crippen molar-refractivity contribution in [2.24, 2.45) is 0 Å². The molecule has 1 heterocycles. The second-order valence-electron chi connectivity index (χ2n) is 4.24. The van der Waals surface area contributed by atoms with Crippen molar-refractivity contribution in [3.8, 4) is 5.69 Å². The van der Waals surface area contributed by atoms with E-state index in [9.17, 15) is 8.78 Å². The van der Waals surface area contributed by atoms with Crippen LogP contribution < -0.4 is 0 Å². The first kappa shape index (κ1) is 14.8. The Labute approximate surface area is 137 Å². The van der Waals surface area contributed by atoms with E-state index in [1.54, 1.807) is 0 Å². The Kier molecular flexibility index (Phi) is 3.69. The highest BCUT2D eigenvalue weighted by atomic mass is 35.5. The van der Waals surface area contributed by atoms with Crippen LogP contribution in [0.25, 0.3) is 16.7 Å². The first-order chi connectivity index (χ1) is 9.90. The normalized spacial score (nSPS) is 11.3. The maximum atomic E-state index is 14.1. The summed E-state index contributed by atoms with van der Waals surface area (Å²) >= 11 is 23.1. The number of nitrogens with zero attached hydrogens (tertiary/aromatic N) is 1. The standard InChI is InChI=1S/C13H5Cl3F2N2S/c14-5-3-7(16)10(4-6(5)15)20-12-9(19-13(20)21)2-1-8(17)11(12)18/h1-4H,(H,19,21). The highest BCUT2D eigenvalue weighted by Crippen LogP contribution is 2.34. The smallest absolute Gasteiger partial charge is 0.184 e. The summed E-state index contributed by atoms with van der Waals surface area (Å²) in [4.78, 5) is 2.79. The predicted octanol–water partition coefficient (Wildman–Crippen LogP) is 5.93. The SMILES string of the molecule is Fc1ccc2[nH]c(=S)n(-c3cc(Cl)c(Cl)cc3Cl)c2c1F. The minimum absolute atomic E-state index is 0.0414. The summed E-state index contributed by atoms with van der Waals surface area (Å²) in [6, 6.07) is 5.27. The number of imidazole rings is 1. The van der Waals surface area contributed by atoms with Gasteiger partial charge >= 0.3 is 0 Å². The predicted molar refractivity (Wildman–Crippen MR) is 83.4 cm³/mol. The average molecular weight is 366 g/mol. The topological polar surface area (TPSA) is 20.7 Å². The molecule has 1 N–H and O–H groups in total. The number of H-pyrrole nitrogens is 1. The molecule has 2 nitrogen and oxygen atoms in total. The Morgan fingerprint density at radius 3 is 2.38 bits per heavy atom. The van der Waals surface area contributed by atoms with Gasteiger partial charge in [0.1, 0.15) is 5.52 Å². The number of hydrogen-bond acceptors (Lipinski definition) is 1. The Bertz CT molecular complexity index is 933. The molecule has 0 spiro atoms. The van der Waals surface area contributed by atoms with E-state index in [2.05, 4.69) is 4.98 Å². The van der Waals surface area contributed by atoms with Crippen molar-refractivity contribution >= 4 is 58.1 Å². The van der Waals surface area contributed by atoms with Crippen LogP contribution >= 0.6 is 47.0 Å². The molecule has 2 aromatic carbocycles. The van der Waals surface area contributed by atoms with Crippen molar-refractivity contribution < 1.29 is 8.78 Å². The van der Waals surface area contributed by atoms with E-state index in [1.165, 1.54) is 22.8 Å². The van der Waals surface area contributed by atoms with Crippen LogP contribution in [0.2, 0.25) is 15.1 Å². The molecule has 108 valence electrons. The lowest BCUT2D eigenvalue weighted by molar-refractivity contribution is 0.514. The van der Waals surface area contributed by atoms with Gasteiger partial charge in [-0.15, -0.1) is 0 Å². The van der Waals surface area contributed by atoms with E-state index in [0.29, 0.717) is 11.2 Å². The maximum absolute atomic E-state index is 14.1. The van der Waals surface area contributed by atoms with Crippen molar-refractivity contribution in [3.63, 3.8) is 0 Å². The summed E-state index contributed by atoms with van der Waals surface area (Å²) in [7, 11) is 0. The van der Waals surface area contributed by atoms with Gasteiger partial charge in [-0.25, -0.2) is 8.78 Å². The highest BCUT2D eigenvalue weighted by molar-refractivity contribution is 7.71. The van der Waals surface area contributed by atoms with Gasteiger partial charge in [-0.3, -0.25) is 4.57 Å². The zero-order valence-corrected chi connectivity index (χ0v) is 13.1. The fourth-order valence-electron chi connectivity index (χ4n) is 2.05. The monoisotopic (exact) mass is 364 g/mol. The number of nitrogens with one attached hydrogen (secondary N) is 1. The molecule has 0 bridgehead atoms. The Morgan fingerprint density at radius 2 is 1.67 bits per heavy atom. The third kappa shape index (κ3) is 2.34. The molecule has 0 saturated carbocycles. The van der Waals surface area contributed by atoms with Gasteiger partial charge in [-0.05, 0) is 36.5 Å². The lowest BCUT2D eigenvalue weighted by atomic mass is 10.2. The van der Waals surface area contributed by atoms with E-state index < -0.39 is 11.6 Å². The number of hydrogen-bond donors (Lipinski definition) is 1. The Morgan fingerprint density at radius 1 is 1.00 bits per heavy atom. The lowest BCUT2D eigenvalue weighted by Crippen LogP contribution is -1.98. The molecule has 0 unspecified atom stereocenters. The first-order valence-corrected chi connectivity index (χ1v) is 7.18. The van der Waals surface area contributed by atoms with Gasteiger partial charge < -0.3 is 4.98 Å². The fraction of sp³-hybridized carbons (Fsp3) is 0. The van der Waals surface area contributed by atoms with Crippen molar-refractivity contribution in [1.29, 1.82) is 0 Å². The fourth-order valence-corrected chi connectivity index (χ4v) is 2.97. The van der Waals surface area contributed by atoms with Crippen LogP contribution in [0.4, 0.5) is 8.78 Å². The van der Waals surface area contributed by atoms with Crippen LogP contribution in [0.5, 0.6) is 0 Å². The summed E-state index contributed by atoms with van der Waals surface area (Å²) in [6.07, 6.45) is 0. The van der Waals surface area contributed by atoms with E-state index in [-0.39, 0.29) is 25.4 Å². The number of aromatic nitrogens is 2. The molecule has 21 heavy (non-hydrogen) atoms. The van der Waals surface area contributed by atoms with Crippen LogP contribution in [0.1, 0.15) is 0 Å². The van der Waals surface area contributed by atoms with Crippen LogP contribution in [-0.2, 0) is 0 Å². The molecule has 0 aliphatic heterocycles. The van der Waals surface area contributed by atoms with Crippen molar-refractivity contribution in [2.75, 3.05) is 0 Å². The zero-order chi connectivity index (χ0) is 15.3. The average Bonchev–Trinajstić information content (AvgIpc) is 2.75. The van der Waals surface area contributed by atoms with Crippen molar-refractivity contribution in [1.82, 2.24) is 9.55 Å². The number of halogens is 5. The lowest BCUT2D eigenvalue weighted by Gasteiger charge is -2.09. The largest absolute Gasteiger partial charge is 0.330 e. The second-order valence-corrected chi connectivity index (χ2v) is 5.85. The Balaban J connectivity index is 2.46. The minimum Gasteiger partial charge on any atom is -0.330 e. The molecule has 0 fully saturated rings. The van der Waals surface area contributed by atoms with E-state index in [0.717, 1.165) is 6.07 Å². The molecular formula is C13H5Cl3F2N2S. The summed E-state index contributed by atoms with van der Waals surface area (Å²) in [6.45, 7) is 0. The van der Waals surface area contributed by atoms with Crippen LogP contribution in [0.3, 0.4) is 0 Å². The van der Waals surface area contributed by atoms with E-state index in [4.69, 9.17) is 47.0 Å². The number of benzene rings is 2. The molecule has 3 aromatic rings. The highest BCUT2D eigenvalue weighted by Gasteiger charge is 2.17. The summed E-state index contributed by atoms with van der Waals surface area (Å²) in [5.74, 6) is -2.01. The summed E-state index contributed by atoms with van der Waals surface area (Å²) in [5, 5.41) is 0.692. The third-order valence-corrected chi connectivity index (χ3v) is 4.28. The molecule has 0 amide bonds. The first-order valence-electron chi connectivity index (χ1n) is 5.64. The molecule has 3 rings (SSSR count). The van der Waals surface area contributed by atoms with Gasteiger partial charge in [0.05, 0.1) is 26.3 Å². The van der Waals surface area contributed by atoms with Gasteiger partial charge in [0.25, 0.3) is 0 Å². The number of rotatable bonds is 1. The van der Waals surface area contributed by atoms with Gasteiger partial charge in [0.15, 0.2) is 16.4 Å². The van der Waals surface area contributed by atoms with Gasteiger partial charge in [0, 0.05) is 0 Å². The van der Waals surface area contributed by atoms with Crippen LogP contribution in [-0.4, -0.2) is 9.55 Å². The van der Waals surface area contributed by atoms with Gasteiger partial charge in [-0.1, -0.05) is 34.8 Å². The molecule has 0 aliphatic rings. The Hall–Kier alpha value is -1.14. The molecule has 0 atom stereocenters. The molecule has 0 radical (unpaired) electrons. The number of fused-ring (bicyclic) bond motifs is 1. The maximum Gasteiger partial charge on any atom is 0.184 e.